The van der Waals surface area contributed by atoms with Gasteiger partial charge >= 0.3 is 5.91 Å². The Morgan fingerprint density at radius 3 is 2.85 bits per heavy atom. The van der Waals surface area contributed by atoms with Crippen LogP contribution in [-0.4, -0.2) is 23.6 Å². The molecule has 1 aliphatic rings. The van der Waals surface area contributed by atoms with Gasteiger partial charge in [-0.25, -0.2) is 23.1 Å². The van der Waals surface area contributed by atoms with Crippen molar-refractivity contribution in [3.8, 4) is 0 Å². The molecule has 1 aromatic heterocycles. The lowest BCUT2D eigenvalue weighted by molar-refractivity contribution is 0.0958. The maximum atomic E-state index is 13.0. The van der Waals surface area contributed by atoms with Crippen LogP contribution < -0.4 is 11.1 Å². The number of aliphatic imine (C=N–C) groups is 1. The van der Waals surface area contributed by atoms with Crippen molar-refractivity contribution in [3.05, 3.63) is 59.5 Å². The van der Waals surface area contributed by atoms with Gasteiger partial charge in [0.1, 0.15) is 18.0 Å². The molecule has 0 unspecified atom stereocenters. The molecule has 0 radical (unpaired) electrons. The molecule has 1 atom stereocenters. The normalized spacial score (nSPS) is 19.3. The predicted molar refractivity (Wildman–Crippen MR) is 90.0 cm³/mol. The minimum atomic E-state index is -2.87. The van der Waals surface area contributed by atoms with E-state index in [-0.39, 0.29) is 11.8 Å². The topological polar surface area (TPSA) is 103 Å². The van der Waals surface area contributed by atoms with Crippen molar-refractivity contribution in [2.75, 3.05) is 12.0 Å². The summed E-state index contributed by atoms with van der Waals surface area (Å²) >= 11 is 0. The van der Waals surface area contributed by atoms with Crippen LogP contribution >= 0.6 is 0 Å². The number of nitrogens with zero attached hydrogens (tertiary/aromatic N) is 2. The van der Waals surface area contributed by atoms with Gasteiger partial charge in [0.25, 0.3) is 18.3 Å². The minimum absolute atomic E-state index is 0.0266. The van der Waals surface area contributed by atoms with Gasteiger partial charge in [-0.15, -0.1) is 0 Å². The van der Waals surface area contributed by atoms with Crippen molar-refractivity contribution in [3.63, 3.8) is 0 Å². The Bertz CT molecular complexity index is 926. The van der Waals surface area contributed by atoms with E-state index in [9.17, 15) is 18.0 Å². The van der Waals surface area contributed by atoms with E-state index >= 15 is 0 Å². The fraction of sp³-hybridized carbons (Fsp3) is 0.235. The highest BCUT2D eigenvalue weighted by atomic mass is 19.3. The third kappa shape index (κ3) is 3.94. The zero-order chi connectivity index (χ0) is 19.6. The lowest BCUT2D eigenvalue weighted by atomic mass is 9.91. The minimum Gasteiger partial charge on any atom is -0.431 e. The van der Waals surface area contributed by atoms with Gasteiger partial charge in [0.05, 0.1) is 6.20 Å². The summed E-state index contributed by atoms with van der Waals surface area (Å²) in [5.74, 6) is -1.95. The van der Waals surface area contributed by atoms with Gasteiger partial charge in [-0.1, -0.05) is 12.1 Å². The Kier molecular flexibility index (Phi) is 4.89. The molecule has 27 heavy (non-hydrogen) atoms. The van der Waals surface area contributed by atoms with Gasteiger partial charge in [-0.2, -0.15) is 0 Å². The second-order valence-corrected chi connectivity index (χ2v) is 5.85. The molecular weight excluding hydrogens is 365 g/mol. The maximum Gasteiger partial charge on any atom is 0.311 e. The first kappa shape index (κ1) is 18.5. The first-order valence-corrected chi connectivity index (χ1v) is 7.77. The van der Waals surface area contributed by atoms with Crippen LogP contribution in [0, 0.1) is 0 Å². The summed E-state index contributed by atoms with van der Waals surface area (Å²) < 4.78 is 47.7. The molecule has 0 spiro atoms. The molecule has 142 valence electrons. The van der Waals surface area contributed by atoms with Crippen LogP contribution in [0.15, 0.2) is 51.7 Å². The highest BCUT2D eigenvalue weighted by molar-refractivity contribution is 6.01. The smallest absolute Gasteiger partial charge is 0.311 e. The molecule has 0 saturated carbocycles. The number of alkyl halides is 3. The molecule has 0 fully saturated rings. The summed E-state index contributed by atoms with van der Waals surface area (Å²) in [6, 6.07) is 6.34. The Balaban J connectivity index is 1.84. The van der Waals surface area contributed by atoms with Gasteiger partial charge in [-0.05, 0) is 30.7 Å². The highest BCUT2D eigenvalue weighted by Crippen LogP contribution is 2.33. The lowest BCUT2D eigenvalue weighted by Crippen LogP contribution is -2.30. The molecular formula is C17H15F3N4O3. The SMILES string of the molecule is C[C@@]1(c2cccc(NC(=O)c3ncc(C(F)F)o3)c2)C=C(CF)OC(N)=N1. The third-order valence-electron chi connectivity index (χ3n) is 3.79. The van der Waals surface area contributed by atoms with Crippen LogP contribution in [0.1, 0.15) is 35.4 Å². The molecule has 1 aromatic carbocycles. The molecule has 0 aliphatic carbocycles. The molecule has 1 amide bonds. The maximum absolute atomic E-state index is 13.0. The van der Waals surface area contributed by atoms with E-state index in [0.29, 0.717) is 11.3 Å². The van der Waals surface area contributed by atoms with Crippen molar-refractivity contribution in [2.24, 2.45) is 10.7 Å². The Morgan fingerprint density at radius 1 is 1.41 bits per heavy atom. The zero-order valence-corrected chi connectivity index (χ0v) is 14.1. The summed E-state index contributed by atoms with van der Waals surface area (Å²) in [6.07, 6.45) is -0.594. The van der Waals surface area contributed by atoms with Crippen LogP contribution in [0.4, 0.5) is 18.9 Å². The molecule has 1 aliphatic heterocycles. The number of amides is 1. The molecule has 2 heterocycles. The number of allylic oxidation sites excluding steroid dienone is 1. The molecule has 3 N–H and O–H groups in total. The number of ether oxygens (including phenoxy) is 1. The number of nitrogens with two attached hydrogens (primary N) is 1. The first-order valence-electron chi connectivity index (χ1n) is 7.77. The van der Waals surface area contributed by atoms with Crippen molar-refractivity contribution < 1.29 is 27.1 Å². The Labute approximate surface area is 151 Å². The largest absolute Gasteiger partial charge is 0.431 e. The number of rotatable bonds is 5. The summed E-state index contributed by atoms with van der Waals surface area (Å²) in [7, 11) is 0. The molecule has 0 bridgehead atoms. The van der Waals surface area contributed by atoms with E-state index in [1.807, 2.05) is 0 Å². The van der Waals surface area contributed by atoms with Crippen LogP contribution in [0.5, 0.6) is 0 Å². The van der Waals surface area contributed by atoms with Gasteiger partial charge < -0.3 is 20.2 Å². The van der Waals surface area contributed by atoms with Gasteiger partial charge in [0.2, 0.25) is 0 Å². The Morgan fingerprint density at radius 2 is 2.19 bits per heavy atom. The number of halogens is 3. The van der Waals surface area contributed by atoms with E-state index in [1.54, 1.807) is 31.2 Å². The van der Waals surface area contributed by atoms with Crippen molar-refractivity contribution >= 4 is 17.6 Å². The lowest BCUT2D eigenvalue weighted by Gasteiger charge is -2.27. The average molecular weight is 380 g/mol. The third-order valence-corrected chi connectivity index (χ3v) is 3.79. The van der Waals surface area contributed by atoms with Crippen LogP contribution in [-0.2, 0) is 10.3 Å². The van der Waals surface area contributed by atoms with Crippen molar-refractivity contribution in [2.45, 2.75) is 18.9 Å². The number of amidine groups is 1. The standard InChI is InChI=1S/C17H15F3N4O3/c1-17(6-11(7-18)26-16(21)24-17)9-3-2-4-10(5-9)23-14(25)15-22-8-12(27-15)13(19)20/h2-6,8,13H,7H2,1H3,(H2,21,24)(H,23,25)/t17-/m0/s1. The van der Waals surface area contributed by atoms with Crippen molar-refractivity contribution in [1.82, 2.24) is 4.98 Å². The Hall–Kier alpha value is -3.30. The van der Waals surface area contributed by atoms with Crippen molar-refractivity contribution in [1.29, 1.82) is 0 Å². The van der Waals surface area contributed by atoms with E-state index in [4.69, 9.17) is 14.9 Å². The molecule has 3 rings (SSSR count). The number of anilines is 1. The van der Waals surface area contributed by atoms with E-state index in [2.05, 4.69) is 15.3 Å². The number of hydrogen-bond acceptors (Lipinski definition) is 6. The van der Waals surface area contributed by atoms with Gasteiger partial charge in [0.15, 0.2) is 5.76 Å². The molecule has 10 heteroatoms. The summed E-state index contributed by atoms with van der Waals surface area (Å²) in [6.45, 7) is 0.848. The second kappa shape index (κ2) is 7.14. The van der Waals surface area contributed by atoms with E-state index in [0.717, 1.165) is 6.20 Å². The quantitative estimate of drug-likeness (QED) is 0.829. The number of oxazole rings is 1. The number of hydrogen-bond donors (Lipinski definition) is 2. The molecule has 2 aromatic rings. The summed E-state index contributed by atoms with van der Waals surface area (Å²) in [5.41, 5.74) is 5.53. The number of carbonyl (C=O) groups is 1. The van der Waals surface area contributed by atoms with Crippen LogP contribution in [0.2, 0.25) is 0 Å². The van der Waals surface area contributed by atoms with E-state index < -0.39 is 36.2 Å². The van der Waals surface area contributed by atoms with Crippen LogP contribution in [0.25, 0.3) is 0 Å². The number of nitrogens with one attached hydrogen (secondary N) is 1. The first-order chi connectivity index (χ1) is 12.8. The fourth-order valence-electron chi connectivity index (χ4n) is 2.56. The monoisotopic (exact) mass is 380 g/mol. The average Bonchev–Trinajstić information content (AvgIpc) is 3.12. The molecule has 7 nitrogen and oxygen atoms in total. The number of benzene rings is 1. The predicted octanol–water partition coefficient (Wildman–Crippen LogP) is 3.28. The van der Waals surface area contributed by atoms with Gasteiger partial charge in [-0.3, -0.25) is 4.79 Å². The number of aromatic nitrogens is 1. The summed E-state index contributed by atoms with van der Waals surface area (Å²) in [4.78, 5) is 19.8. The number of carbonyl (C=O) groups excluding carboxylic acids is 1. The van der Waals surface area contributed by atoms with Crippen LogP contribution in [0.3, 0.4) is 0 Å². The molecule has 0 saturated heterocycles. The van der Waals surface area contributed by atoms with E-state index in [1.165, 1.54) is 6.08 Å². The van der Waals surface area contributed by atoms with Gasteiger partial charge in [0, 0.05) is 5.69 Å². The fourth-order valence-corrected chi connectivity index (χ4v) is 2.56. The zero-order valence-electron chi connectivity index (χ0n) is 14.1. The summed E-state index contributed by atoms with van der Waals surface area (Å²) in [5, 5.41) is 2.50. The highest BCUT2D eigenvalue weighted by Gasteiger charge is 2.30. The second-order valence-electron chi connectivity index (χ2n) is 5.85.